The maximum absolute atomic E-state index is 12.9. The van der Waals surface area contributed by atoms with Crippen molar-refractivity contribution >= 4 is 17.8 Å². The minimum Gasteiger partial charge on any atom is -0.306 e. The summed E-state index contributed by atoms with van der Waals surface area (Å²) in [5.41, 5.74) is 2.85. The molecule has 0 atom stereocenters. The molecule has 0 spiro atoms. The van der Waals surface area contributed by atoms with E-state index in [1.165, 1.54) is 18.2 Å². The van der Waals surface area contributed by atoms with Gasteiger partial charge in [0.1, 0.15) is 5.82 Å². The Morgan fingerprint density at radius 2 is 2.04 bits per heavy atom. The molecule has 0 saturated carbocycles. The van der Waals surface area contributed by atoms with Gasteiger partial charge >= 0.3 is 0 Å². The van der Waals surface area contributed by atoms with Crippen molar-refractivity contribution in [3.8, 4) is 0 Å². The summed E-state index contributed by atoms with van der Waals surface area (Å²) in [5.74, 6) is -0.0721. The Kier molecular flexibility index (Phi) is 5.26. The summed E-state index contributed by atoms with van der Waals surface area (Å²) in [6, 6.07) is 7.95. The molecule has 2 aromatic heterocycles. The topological polar surface area (TPSA) is 64.7 Å². The number of nitrogens with zero attached hydrogens (tertiary/aromatic N) is 4. The summed E-state index contributed by atoms with van der Waals surface area (Å²) in [5, 5.41) is 11.3. The summed E-state index contributed by atoms with van der Waals surface area (Å²) in [6.45, 7) is 5.27. The molecule has 7 heteroatoms. The molecule has 134 valence electrons. The SMILES string of the molecule is CCn1ncc(/C=C/C(=O)Nc2ccn(Cc3ccc(F)cc3)n2)c1C. The smallest absolute Gasteiger partial charge is 0.249 e. The van der Waals surface area contributed by atoms with E-state index in [4.69, 9.17) is 0 Å². The Bertz CT molecular complexity index is 924. The fourth-order valence-electron chi connectivity index (χ4n) is 2.57. The third-order valence-electron chi connectivity index (χ3n) is 4.00. The maximum Gasteiger partial charge on any atom is 0.249 e. The van der Waals surface area contributed by atoms with E-state index in [0.717, 1.165) is 23.4 Å². The lowest BCUT2D eigenvalue weighted by Gasteiger charge is -2.02. The lowest BCUT2D eigenvalue weighted by Crippen LogP contribution is -2.09. The highest BCUT2D eigenvalue weighted by Gasteiger charge is 2.05. The summed E-state index contributed by atoms with van der Waals surface area (Å²) in [6.07, 6.45) is 6.69. The van der Waals surface area contributed by atoms with Crippen LogP contribution in [-0.2, 0) is 17.9 Å². The summed E-state index contributed by atoms with van der Waals surface area (Å²) in [4.78, 5) is 12.1. The van der Waals surface area contributed by atoms with Crippen molar-refractivity contribution in [1.82, 2.24) is 19.6 Å². The Morgan fingerprint density at radius 1 is 1.27 bits per heavy atom. The largest absolute Gasteiger partial charge is 0.306 e. The molecule has 0 aliphatic rings. The van der Waals surface area contributed by atoms with Gasteiger partial charge in [-0.05, 0) is 37.6 Å². The van der Waals surface area contributed by atoms with Gasteiger partial charge in [0.15, 0.2) is 5.82 Å². The molecule has 0 unspecified atom stereocenters. The van der Waals surface area contributed by atoms with Crippen LogP contribution in [-0.4, -0.2) is 25.5 Å². The molecular formula is C19H20FN5O. The van der Waals surface area contributed by atoms with Gasteiger partial charge < -0.3 is 5.32 Å². The Morgan fingerprint density at radius 3 is 2.73 bits per heavy atom. The van der Waals surface area contributed by atoms with E-state index in [1.807, 2.05) is 18.5 Å². The van der Waals surface area contributed by atoms with Gasteiger partial charge in [-0.25, -0.2) is 4.39 Å². The number of halogens is 1. The van der Waals surface area contributed by atoms with E-state index < -0.39 is 0 Å². The number of carbonyl (C=O) groups excluding carboxylic acids is 1. The van der Waals surface area contributed by atoms with Crippen LogP contribution in [0.4, 0.5) is 10.2 Å². The van der Waals surface area contributed by atoms with Crippen LogP contribution < -0.4 is 5.32 Å². The Balaban J connectivity index is 1.59. The molecule has 26 heavy (non-hydrogen) atoms. The minimum atomic E-state index is -0.270. The molecule has 0 radical (unpaired) electrons. The summed E-state index contributed by atoms with van der Waals surface area (Å²) < 4.78 is 16.5. The van der Waals surface area contributed by atoms with E-state index in [-0.39, 0.29) is 11.7 Å². The molecule has 2 heterocycles. The molecular weight excluding hydrogens is 333 g/mol. The number of rotatable bonds is 6. The molecule has 0 aliphatic heterocycles. The van der Waals surface area contributed by atoms with E-state index in [1.54, 1.807) is 41.4 Å². The minimum absolute atomic E-state index is 0.263. The second-order valence-corrected chi connectivity index (χ2v) is 5.85. The molecule has 3 aromatic rings. The number of amides is 1. The van der Waals surface area contributed by atoms with Crippen LogP contribution in [0.25, 0.3) is 6.08 Å². The number of carbonyl (C=O) groups is 1. The van der Waals surface area contributed by atoms with Gasteiger partial charge in [-0.2, -0.15) is 10.2 Å². The molecule has 1 aromatic carbocycles. The van der Waals surface area contributed by atoms with Gasteiger partial charge in [-0.1, -0.05) is 12.1 Å². The number of anilines is 1. The molecule has 1 N–H and O–H groups in total. The predicted octanol–water partition coefficient (Wildman–Crippen LogP) is 3.25. The second-order valence-electron chi connectivity index (χ2n) is 5.85. The van der Waals surface area contributed by atoms with Crippen LogP contribution >= 0.6 is 0 Å². The molecule has 0 fully saturated rings. The van der Waals surface area contributed by atoms with Crippen molar-refractivity contribution in [2.75, 3.05) is 5.32 Å². The van der Waals surface area contributed by atoms with E-state index in [2.05, 4.69) is 15.5 Å². The molecule has 6 nitrogen and oxygen atoms in total. The van der Waals surface area contributed by atoms with Crippen molar-refractivity contribution in [3.63, 3.8) is 0 Å². The first kappa shape index (κ1) is 17.6. The summed E-state index contributed by atoms with van der Waals surface area (Å²) >= 11 is 0. The molecule has 3 rings (SSSR count). The number of aromatic nitrogens is 4. The van der Waals surface area contributed by atoms with Crippen LogP contribution in [0, 0.1) is 12.7 Å². The Labute approximate surface area is 151 Å². The lowest BCUT2D eigenvalue weighted by molar-refractivity contribution is -0.111. The first-order valence-corrected chi connectivity index (χ1v) is 8.34. The normalized spacial score (nSPS) is 11.2. The van der Waals surface area contributed by atoms with Crippen LogP contribution in [0.2, 0.25) is 0 Å². The third-order valence-corrected chi connectivity index (χ3v) is 4.00. The number of benzene rings is 1. The average molecular weight is 353 g/mol. The second kappa shape index (κ2) is 7.77. The Hall–Kier alpha value is -3.22. The van der Waals surface area contributed by atoms with Gasteiger partial charge in [0.05, 0.1) is 12.7 Å². The predicted molar refractivity (Wildman–Crippen MR) is 98.0 cm³/mol. The quantitative estimate of drug-likeness (QED) is 0.692. The summed E-state index contributed by atoms with van der Waals surface area (Å²) in [7, 11) is 0. The fraction of sp³-hybridized carbons (Fsp3) is 0.211. The van der Waals surface area contributed by atoms with E-state index in [0.29, 0.717) is 12.4 Å². The number of hydrogen-bond donors (Lipinski definition) is 1. The van der Waals surface area contributed by atoms with Crippen molar-refractivity contribution in [2.24, 2.45) is 0 Å². The number of nitrogens with one attached hydrogen (secondary N) is 1. The average Bonchev–Trinajstić information content (AvgIpc) is 3.21. The molecule has 0 aliphatic carbocycles. The number of hydrogen-bond acceptors (Lipinski definition) is 3. The first-order chi connectivity index (χ1) is 12.5. The molecule has 0 saturated heterocycles. The number of aryl methyl sites for hydroxylation is 1. The van der Waals surface area contributed by atoms with Crippen molar-refractivity contribution < 1.29 is 9.18 Å². The standard InChI is InChI=1S/C19H20FN5O/c1-3-25-14(2)16(12-21-25)6-9-19(26)22-18-10-11-24(23-18)13-15-4-7-17(20)8-5-15/h4-12H,3,13H2,1-2H3,(H,22,23,26)/b9-6+. The first-order valence-electron chi connectivity index (χ1n) is 8.34. The zero-order chi connectivity index (χ0) is 18.5. The van der Waals surface area contributed by atoms with Crippen molar-refractivity contribution in [1.29, 1.82) is 0 Å². The fourth-order valence-corrected chi connectivity index (χ4v) is 2.57. The van der Waals surface area contributed by atoms with Gasteiger partial charge in [-0.3, -0.25) is 14.2 Å². The maximum atomic E-state index is 12.9. The van der Waals surface area contributed by atoms with E-state index in [9.17, 15) is 9.18 Å². The molecule has 0 bridgehead atoms. The van der Waals surface area contributed by atoms with E-state index >= 15 is 0 Å². The third kappa shape index (κ3) is 4.24. The van der Waals surface area contributed by atoms with Crippen LogP contribution in [0.3, 0.4) is 0 Å². The lowest BCUT2D eigenvalue weighted by atomic mass is 10.2. The highest BCUT2D eigenvalue weighted by atomic mass is 19.1. The zero-order valence-corrected chi connectivity index (χ0v) is 14.7. The van der Waals surface area contributed by atoms with Crippen molar-refractivity contribution in [3.05, 3.63) is 71.4 Å². The van der Waals surface area contributed by atoms with Gasteiger partial charge in [-0.15, -0.1) is 0 Å². The highest BCUT2D eigenvalue weighted by molar-refractivity contribution is 6.01. The van der Waals surface area contributed by atoms with Crippen LogP contribution in [0.5, 0.6) is 0 Å². The van der Waals surface area contributed by atoms with Crippen LogP contribution in [0.15, 0.2) is 48.8 Å². The van der Waals surface area contributed by atoms with Gasteiger partial charge in [0, 0.05) is 36.1 Å². The zero-order valence-electron chi connectivity index (χ0n) is 14.7. The van der Waals surface area contributed by atoms with Gasteiger partial charge in [0.25, 0.3) is 0 Å². The molecule has 1 amide bonds. The van der Waals surface area contributed by atoms with Crippen molar-refractivity contribution in [2.45, 2.75) is 26.9 Å². The van der Waals surface area contributed by atoms with Gasteiger partial charge in [0.2, 0.25) is 5.91 Å². The van der Waals surface area contributed by atoms with Crippen LogP contribution in [0.1, 0.15) is 23.7 Å². The highest BCUT2D eigenvalue weighted by Crippen LogP contribution is 2.10. The monoisotopic (exact) mass is 353 g/mol.